The highest BCUT2D eigenvalue weighted by molar-refractivity contribution is 8.10. The Labute approximate surface area is 113 Å². The van der Waals surface area contributed by atoms with Crippen LogP contribution in [0.25, 0.3) is 4.91 Å². The molecule has 0 saturated heterocycles. The topological polar surface area (TPSA) is 29.1 Å². The standard InChI is InChI=1S/C15H19NOS/c1-4-9-18-15(12(2)3)14-7-5-13(6-8-14)10-16-11-17/h4-9,11H,10H2,1-3H3,(H,16,17)/b9-4-. The molecule has 0 fully saturated rings. The van der Waals surface area contributed by atoms with E-state index in [2.05, 4.69) is 36.7 Å². The van der Waals surface area contributed by atoms with Gasteiger partial charge in [-0.15, -0.1) is 0 Å². The van der Waals surface area contributed by atoms with Crippen LogP contribution in [0.3, 0.4) is 0 Å². The van der Waals surface area contributed by atoms with Gasteiger partial charge in [-0.3, -0.25) is 4.79 Å². The molecule has 0 aliphatic rings. The van der Waals surface area contributed by atoms with Gasteiger partial charge in [0.15, 0.2) is 0 Å². The first-order valence-corrected chi connectivity index (χ1v) is 6.78. The smallest absolute Gasteiger partial charge is 0.207 e. The summed E-state index contributed by atoms with van der Waals surface area (Å²) >= 11 is 1.73. The molecule has 0 bridgehead atoms. The Morgan fingerprint density at radius 3 is 2.44 bits per heavy atom. The van der Waals surface area contributed by atoms with E-state index in [-0.39, 0.29) is 0 Å². The number of hydrogen-bond donors (Lipinski definition) is 1. The van der Waals surface area contributed by atoms with Crippen molar-refractivity contribution in [1.82, 2.24) is 5.32 Å². The molecule has 0 aliphatic heterocycles. The summed E-state index contributed by atoms with van der Waals surface area (Å²) in [6.07, 6.45) is 2.76. The number of allylic oxidation sites excluding steroid dienone is 2. The number of amides is 1. The molecule has 0 saturated carbocycles. The number of carbonyl (C=O) groups is 1. The maximum Gasteiger partial charge on any atom is 0.207 e. The SMILES string of the molecule is C/C=C\SC(=C(C)C)c1ccc(CNC=O)cc1. The van der Waals surface area contributed by atoms with Crippen molar-refractivity contribution < 1.29 is 4.79 Å². The van der Waals surface area contributed by atoms with E-state index in [1.165, 1.54) is 16.0 Å². The fourth-order valence-electron chi connectivity index (χ4n) is 1.54. The number of carbonyl (C=O) groups excluding carboxylic acids is 1. The van der Waals surface area contributed by atoms with E-state index < -0.39 is 0 Å². The van der Waals surface area contributed by atoms with Crippen LogP contribution in [0.1, 0.15) is 31.9 Å². The van der Waals surface area contributed by atoms with Gasteiger partial charge in [0.05, 0.1) is 0 Å². The van der Waals surface area contributed by atoms with Crippen molar-refractivity contribution in [1.29, 1.82) is 0 Å². The highest BCUT2D eigenvalue weighted by Gasteiger charge is 2.03. The molecule has 0 aliphatic carbocycles. The van der Waals surface area contributed by atoms with Crippen LogP contribution in [-0.4, -0.2) is 6.41 Å². The van der Waals surface area contributed by atoms with Crippen molar-refractivity contribution in [2.45, 2.75) is 27.3 Å². The molecular weight excluding hydrogens is 242 g/mol. The first-order valence-electron chi connectivity index (χ1n) is 5.90. The summed E-state index contributed by atoms with van der Waals surface area (Å²) in [4.78, 5) is 11.5. The second-order valence-corrected chi connectivity index (χ2v) is 5.03. The van der Waals surface area contributed by atoms with Crippen molar-refractivity contribution in [3.63, 3.8) is 0 Å². The molecular formula is C15H19NOS. The molecule has 0 aromatic heterocycles. The molecule has 0 unspecified atom stereocenters. The van der Waals surface area contributed by atoms with Gasteiger partial charge in [-0.1, -0.05) is 47.7 Å². The van der Waals surface area contributed by atoms with E-state index in [0.717, 1.165) is 12.0 Å². The average Bonchev–Trinajstić information content (AvgIpc) is 2.38. The minimum atomic E-state index is 0.579. The maximum atomic E-state index is 10.2. The third kappa shape index (κ3) is 4.41. The van der Waals surface area contributed by atoms with Crippen LogP contribution in [0.5, 0.6) is 0 Å². The summed E-state index contributed by atoms with van der Waals surface area (Å²) in [7, 11) is 0. The van der Waals surface area contributed by atoms with Gasteiger partial charge in [0.25, 0.3) is 0 Å². The fourth-order valence-corrected chi connectivity index (χ4v) is 2.32. The van der Waals surface area contributed by atoms with Gasteiger partial charge in [-0.25, -0.2) is 0 Å². The minimum Gasteiger partial charge on any atom is -0.355 e. The first-order chi connectivity index (χ1) is 8.69. The molecule has 3 heteroatoms. The van der Waals surface area contributed by atoms with Crippen LogP contribution in [0, 0.1) is 0 Å². The molecule has 0 atom stereocenters. The molecule has 1 aromatic rings. The van der Waals surface area contributed by atoms with Gasteiger partial charge in [0.2, 0.25) is 6.41 Å². The normalized spacial score (nSPS) is 10.4. The number of thioether (sulfide) groups is 1. The summed E-state index contributed by atoms with van der Waals surface area (Å²) in [5, 5.41) is 4.75. The monoisotopic (exact) mass is 261 g/mol. The fraction of sp³-hybridized carbons (Fsp3) is 0.267. The molecule has 1 rings (SSSR count). The molecule has 96 valence electrons. The predicted octanol–water partition coefficient (Wildman–Crippen LogP) is 3.95. The van der Waals surface area contributed by atoms with E-state index in [9.17, 15) is 4.79 Å². The molecule has 0 spiro atoms. The van der Waals surface area contributed by atoms with Crippen LogP contribution in [0.2, 0.25) is 0 Å². The Kier molecular flexibility index (Phi) is 6.29. The van der Waals surface area contributed by atoms with Crippen molar-refractivity contribution in [3.05, 3.63) is 52.4 Å². The quantitative estimate of drug-likeness (QED) is 0.786. The maximum absolute atomic E-state index is 10.2. The van der Waals surface area contributed by atoms with E-state index in [0.29, 0.717) is 6.54 Å². The second-order valence-electron chi connectivity index (χ2n) is 4.11. The summed E-state index contributed by atoms with van der Waals surface area (Å²) < 4.78 is 0. The van der Waals surface area contributed by atoms with Crippen LogP contribution in [-0.2, 0) is 11.3 Å². The van der Waals surface area contributed by atoms with Gasteiger partial charge >= 0.3 is 0 Å². The Balaban J connectivity index is 2.87. The van der Waals surface area contributed by atoms with E-state index in [1.54, 1.807) is 11.8 Å². The number of benzene rings is 1. The molecule has 1 amide bonds. The molecule has 2 nitrogen and oxygen atoms in total. The Hall–Kier alpha value is -1.48. The second kappa shape index (κ2) is 7.77. The van der Waals surface area contributed by atoms with E-state index in [4.69, 9.17) is 0 Å². The zero-order chi connectivity index (χ0) is 13.4. The summed E-state index contributed by atoms with van der Waals surface area (Å²) in [6.45, 7) is 6.83. The van der Waals surface area contributed by atoms with Crippen molar-refractivity contribution >= 4 is 23.1 Å². The zero-order valence-electron chi connectivity index (χ0n) is 11.1. The molecule has 1 aromatic carbocycles. The number of rotatable bonds is 6. The lowest BCUT2D eigenvalue weighted by Gasteiger charge is -2.08. The van der Waals surface area contributed by atoms with Crippen molar-refractivity contribution in [3.8, 4) is 0 Å². The minimum absolute atomic E-state index is 0.579. The van der Waals surface area contributed by atoms with Gasteiger partial charge in [-0.2, -0.15) is 0 Å². The van der Waals surface area contributed by atoms with Crippen LogP contribution in [0.4, 0.5) is 0 Å². The number of hydrogen-bond acceptors (Lipinski definition) is 2. The lowest BCUT2D eigenvalue weighted by molar-refractivity contribution is -0.109. The lowest BCUT2D eigenvalue weighted by Crippen LogP contribution is -2.09. The highest BCUT2D eigenvalue weighted by Crippen LogP contribution is 2.31. The molecule has 0 heterocycles. The summed E-state index contributed by atoms with van der Waals surface area (Å²) in [5.41, 5.74) is 3.62. The summed E-state index contributed by atoms with van der Waals surface area (Å²) in [6, 6.07) is 8.29. The lowest BCUT2D eigenvalue weighted by atomic mass is 10.1. The molecule has 0 radical (unpaired) electrons. The molecule has 18 heavy (non-hydrogen) atoms. The van der Waals surface area contributed by atoms with Gasteiger partial charge in [0, 0.05) is 11.4 Å². The van der Waals surface area contributed by atoms with E-state index >= 15 is 0 Å². The van der Waals surface area contributed by atoms with Crippen LogP contribution >= 0.6 is 11.8 Å². The van der Waals surface area contributed by atoms with Crippen LogP contribution < -0.4 is 5.32 Å². The summed E-state index contributed by atoms with van der Waals surface area (Å²) in [5.74, 6) is 0. The third-order valence-corrected chi connectivity index (χ3v) is 3.67. The first kappa shape index (κ1) is 14.6. The zero-order valence-corrected chi connectivity index (χ0v) is 11.9. The van der Waals surface area contributed by atoms with Gasteiger partial charge in [0.1, 0.15) is 0 Å². The third-order valence-electron chi connectivity index (χ3n) is 2.38. The average molecular weight is 261 g/mol. The van der Waals surface area contributed by atoms with Gasteiger partial charge in [-0.05, 0) is 37.3 Å². The van der Waals surface area contributed by atoms with Crippen molar-refractivity contribution in [2.75, 3.05) is 0 Å². The van der Waals surface area contributed by atoms with Crippen LogP contribution in [0.15, 0.2) is 41.3 Å². The number of nitrogens with one attached hydrogen (secondary N) is 1. The molecule has 1 N–H and O–H groups in total. The highest BCUT2D eigenvalue weighted by atomic mass is 32.2. The Bertz CT molecular complexity index is 442. The Morgan fingerprint density at radius 1 is 1.28 bits per heavy atom. The largest absolute Gasteiger partial charge is 0.355 e. The van der Waals surface area contributed by atoms with Gasteiger partial charge < -0.3 is 5.32 Å². The predicted molar refractivity (Wildman–Crippen MR) is 80.0 cm³/mol. The van der Waals surface area contributed by atoms with Crippen molar-refractivity contribution in [2.24, 2.45) is 0 Å². The van der Waals surface area contributed by atoms with E-state index in [1.807, 2.05) is 25.1 Å². The Morgan fingerprint density at radius 2 is 1.94 bits per heavy atom.